The highest BCUT2D eigenvalue weighted by molar-refractivity contribution is 6.32. The van der Waals surface area contributed by atoms with Gasteiger partial charge in [0.2, 0.25) is 5.89 Å². The molecule has 1 fully saturated rings. The SMILES string of the molecule is CCOc1c(Cl)cc(C(=O)NC2(c3noc(C)n3)CCCCC2)cc1OC. The highest BCUT2D eigenvalue weighted by atomic mass is 35.5. The molecule has 0 unspecified atom stereocenters. The van der Waals surface area contributed by atoms with Crippen molar-refractivity contribution in [1.82, 2.24) is 15.5 Å². The van der Waals surface area contributed by atoms with E-state index in [1.165, 1.54) is 7.11 Å². The quantitative estimate of drug-likeness (QED) is 0.797. The molecule has 1 aliphatic carbocycles. The average molecular weight is 394 g/mol. The number of rotatable bonds is 6. The van der Waals surface area contributed by atoms with Gasteiger partial charge in [0, 0.05) is 12.5 Å². The topological polar surface area (TPSA) is 86.5 Å². The fourth-order valence-electron chi connectivity index (χ4n) is 3.48. The van der Waals surface area contributed by atoms with E-state index < -0.39 is 5.54 Å². The number of carbonyl (C=O) groups excluding carboxylic acids is 1. The van der Waals surface area contributed by atoms with Gasteiger partial charge in [0.15, 0.2) is 17.3 Å². The number of halogens is 1. The summed E-state index contributed by atoms with van der Waals surface area (Å²) in [5, 5.41) is 7.53. The third kappa shape index (κ3) is 4.03. The Hall–Kier alpha value is -2.28. The normalized spacial score (nSPS) is 16.0. The highest BCUT2D eigenvalue weighted by Crippen LogP contribution is 2.38. The number of methoxy groups -OCH3 is 1. The molecular weight excluding hydrogens is 370 g/mol. The van der Waals surface area contributed by atoms with Crippen LogP contribution in [0.2, 0.25) is 5.02 Å². The molecule has 1 amide bonds. The molecule has 1 aromatic heterocycles. The van der Waals surface area contributed by atoms with Gasteiger partial charge >= 0.3 is 0 Å². The number of ether oxygens (including phenoxy) is 2. The minimum absolute atomic E-state index is 0.261. The van der Waals surface area contributed by atoms with E-state index >= 15 is 0 Å². The number of benzene rings is 1. The van der Waals surface area contributed by atoms with Crippen LogP contribution in [0.3, 0.4) is 0 Å². The summed E-state index contributed by atoms with van der Waals surface area (Å²) in [6.45, 7) is 4.05. The zero-order valence-electron chi connectivity index (χ0n) is 15.8. The van der Waals surface area contributed by atoms with Crippen molar-refractivity contribution < 1.29 is 18.8 Å². The Labute approximate surface area is 163 Å². The van der Waals surface area contributed by atoms with Crippen molar-refractivity contribution in [3.05, 3.63) is 34.4 Å². The minimum atomic E-state index is -0.634. The molecule has 0 atom stereocenters. The molecule has 7 nitrogen and oxygen atoms in total. The summed E-state index contributed by atoms with van der Waals surface area (Å²) < 4.78 is 16.0. The van der Waals surface area contributed by atoms with Gasteiger partial charge in [-0.05, 0) is 31.9 Å². The predicted octanol–water partition coefficient (Wildman–Crippen LogP) is 4.03. The van der Waals surface area contributed by atoms with E-state index in [2.05, 4.69) is 15.5 Å². The van der Waals surface area contributed by atoms with Gasteiger partial charge in [-0.3, -0.25) is 4.79 Å². The smallest absolute Gasteiger partial charge is 0.252 e. The van der Waals surface area contributed by atoms with Crippen LogP contribution in [0, 0.1) is 6.92 Å². The van der Waals surface area contributed by atoms with Crippen LogP contribution in [0.4, 0.5) is 0 Å². The number of aryl methyl sites for hydroxylation is 1. The lowest BCUT2D eigenvalue weighted by atomic mass is 9.80. The lowest BCUT2D eigenvalue weighted by Gasteiger charge is -2.35. The summed E-state index contributed by atoms with van der Waals surface area (Å²) in [5.74, 6) is 1.59. The van der Waals surface area contributed by atoms with Crippen molar-refractivity contribution in [2.75, 3.05) is 13.7 Å². The molecule has 0 bridgehead atoms. The van der Waals surface area contributed by atoms with Crippen LogP contribution < -0.4 is 14.8 Å². The molecule has 0 aliphatic heterocycles. The first kappa shape index (κ1) is 19.5. The van der Waals surface area contributed by atoms with Crippen LogP contribution in [0.5, 0.6) is 11.5 Å². The van der Waals surface area contributed by atoms with E-state index in [4.69, 9.17) is 25.6 Å². The van der Waals surface area contributed by atoms with Gasteiger partial charge in [0.05, 0.1) is 18.7 Å². The molecule has 27 heavy (non-hydrogen) atoms. The van der Waals surface area contributed by atoms with Crippen LogP contribution in [0.1, 0.15) is 61.1 Å². The second-order valence-corrected chi connectivity index (χ2v) is 7.06. The summed E-state index contributed by atoms with van der Waals surface area (Å²) in [6, 6.07) is 3.21. The van der Waals surface area contributed by atoms with Gasteiger partial charge in [-0.15, -0.1) is 0 Å². The van der Waals surface area contributed by atoms with Crippen LogP contribution in [0.15, 0.2) is 16.7 Å². The lowest BCUT2D eigenvalue weighted by molar-refractivity contribution is 0.0855. The molecule has 1 saturated carbocycles. The Kier molecular flexibility index (Phi) is 5.89. The van der Waals surface area contributed by atoms with Crippen LogP contribution in [-0.2, 0) is 5.54 Å². The van der Waals surface area contributed by atoms with Crippen LogP contribution in [0.25, 0.3) is 0 Å². The molecule has 1 N–H and O–H groups in total. The molecule has 0 radical (unpaired) electrons. The summed E-state index contributed by atoms with van der Waals surface area (Å²) in [5.41, 5.74) is -0.240. The maximum absolute atomic E-state index is 13.0. The van der Waals surface area contributed by atoms with E-state index in [9.17, 15) is 4.79 Å². The number of carbonyl (C=O) groups is 1. The predicted molar refractivity (Wildman–Crippen MR) is 100 cm³/mol. The number of aromatic nitrogens is 2. The third-order valence-electron chi connectivity index (χ3n) is 4.80. The number of hydrogen-bond donors (Lipinski definition) is 1. The van der Waals surface area contributed by atoms with Crippen molar-refractivity contribution in [2.45, 2.75) is 51.5 Å². The summed E-state index contributed by atoms with van der Waals surface area (Å²) in [6.07, 6.45) is 4.62. The molecule has 146 valence electrons. The van der Waals surface area contributed by atoms with Gasteiger partial charge < -0.3 is 19.3 Å². The van der Waals surface area contributed by atoms with Crippen molar-refractivity contribution in [3.8, 4) is 11.5 Å². The van der Waals surface area contributed by atoms with Crippen LogP contribution in [-0.4, -0.2) is 29.8 Å². The zero-order valence-corrected chi connectivity index (χ0v) is 16.6. The van der Waals surface area contributed by atoms with Gasteiger partial charge in [0.25, 0.3) is 5.91 Å². The van der Waals surface area contributed by atoms with Gasteiger partial charge in [-0.1, -0.05) is 36.0 Å². The van der Waals surface area contributed by atoms with E-state index in [0.717, 1.165) is 32.1 Å². The Morgan fingerprint density at radius 1 is 1.33 bits per heavy atom. The van der Waals surface area contributed by atoms with Gasteiger partial charge in [0.1, 0.15) is 5.54 Å². The summed E-state index contributed by atoms with van der Waals surface area (Å²) >= 11 is 6.31. The second-order valence-electron chi connectivity index (χ2n) is 6.66. The molecule has 0 saturated heterocycles. The fraction of sp³-hybridized carbons (Fsp3) is 0.526. The first-order chi connectivity index (χ1) is 13.0. The van der Waals surface area contributed by atoms with E-state index in [0.29, 0.717) is 40.4 Å². The number of amides is 1. The lowest BCUT2D eigenvalue weighted by Crippen LogP contribution is -2.48. The van der Waals surface area contributed by atoms with Gasteiger partial charge in [-0.25, -0.2) is 0 Å². The Morgan fingerprint density at radius 2 is 2.07 bits per heavy atom. The third-order valence-corrected chi connectivity index (χ3v) is 5.08. The van der Waals surface area contributed by atoms with Crippen molar-refractivity contribution in [3.63, 3.8) is 0 Å². The van der Waals surface area contributed by atoms with E-state index in [-0.39, 0.29) is 5.91 Å². The first-order valence-electron chi connectivity index (χ1n) is 9.12. The number of hydrogen-bond acceptors (Lipinski definition) is 6. The highest BCUT2D eigenvalue weighted by Gasteiger charge is 2.40. The number of nitrogens with one attached hydrogen (secondary N) is 1. The molecule has 8 heteroatoms. The molecule has 1 heterocycles. The molecule has 2 aromatic rings. The first-order valence-corrected chi connectivity index (χ1v) is 9.50. The van der Waals surface area contributed by atoms with Crippen molar-refractivity contribution in [2.24, 2.45) is 0 Å². The van der Waals surface area contributed by atoms with E-state index in [1.807, 2.05) is 6.92 Å². The Balaban J connectivity index is 1.91. The second kappa shape index (κ2) is 8.17. The number of nitrogens with zero attached hydrogens (tertiary/aromatic N) is 2. The minimum Gasteiger partial charge on any atom is -0.493 e. The van der Waals surface area contributed by atoms with E-state index in [1.54, 1.807) is 19.1 Å². The standard InChI is InChI=1S/C19H24ClN3O4/c1-4-26-16-14(20)10-13(11-15(16)25-3)17(24)22-19(8-6-5-7-9-19)18-21-12(2)27-23-18/h10-11H,4-9H2,1-3H3,(H,22,24). The van der Waals surface area contributed by atoms with Crippen LogP contribution >= 0.6 is 11.6 Å². The largest absolute Gasteiger partial charge is 0.493 e. The molecule has 0 spiro atoms. The van der Waals surface area contributed by atoms with Crippen molar-refractivity contribution >= 4 is 17.5 Å². The fourth-order valence-corrected chi connectivity index (χ4v) is 3.74. The molecular formula is C19H24ClN3O4. The summed E-state index contributed by atoms with van der Waals surface area (Å²) in [7, 11) is 1.51. The molecule has 1 aliphatic rings. The Morgan fingerprint density at radius 3 is 2.67 bits per heavy atom. The summed E-state index contributed by atoms with van der Waals surface area (Å²) in [4.78, 5) is 17.4. The zero-order chi connectivity index (χ0) is 19.4. The monoisotopic (exact) mass is 393 g/mol. The average Bonchev–Trinajstić information content (AvgIpc) is 3.11. The molecule has 3 rings (SSSR count). The molecule has 1 aromatic carbocycles. The van der Waals surface area contributed by atoms with Crippen molar-refractivity contribution in [1.29, 1.82) is 0 Å². The maximum Gasteiger partial charge on any atom is 0.252 e. The Bertz CT molecular complexity index is 815. The van der Waals surface area contributed by atoms with Gasteiger partial charge in [-0.2, -0.15) is 4.98 Å². The maximum atomic E-state index is 13.0.